The Morgan fingerprint density at radius 2 is 1.31 bits per heavy atom. The van der Waals surface area contributed by atoms with Crippen LogP contribution >= 0.6 is 7.81 Å². The Morgan fingerprint density at radius 1 is 0.846 bits per heavy atom. The zero-order chi connectivity index (χ0) is 20.2. The summed E-state index contributed by atoms with van der Waals surface area (Å²) >= 11 is 0. The van der Waals surface area contributed by atoms with E-state index in [4.69, 9.17) is 14.9 Å². The summed E-state index contributed by atoms with van der Waals surface area (Å²) in [6.07, 6.45) is 0. The van der Waals surface area contributed by atoms with E-state index in [2.05, 4.69) is 4.98 Å². The molecule has 144 valence electrons. The van der Waals surface area contributed by atoms with E-state index in [0.29, 0.717) is 17.2 Å². The summed E-state index contributed by atoms with van der Waals surface area (Å²) in [5, 5.41) is 8.96. The SMILES string of the molecule is COc1cc(-c2ccc(C)cc2)c(OC)cc1[N+]#N.F[P-](F)(F)(F)(F)F. The average Bonchev–Trinajstić information content (AvgIpc) is 2.51. The van der Waals surface area contributed by atoms with E-state index in [1.165, 1.54) is 12.7 Å². The van der Waals surface area contributed by atoms with E-state index in [1.54, 1.807) is 19.2 Å². The molecule has 2 aromatic rings. The number of rotatable bonds is 3. The molecule has 0 aliphatic rings. The molecular formula is C15H15F6N2O2P. The predicted octanol–water partition coefficient (Wildman–Crippen LogP) is 7.55. The second-order valence-corrected chi connectivity index (χ2v) is 7.07. The zero-order valence-electron chi connectivity index (χ0n) is 13.9. The Morgan fingerprint density at radius 3 is 1.69 bits per heavy atom. The molecule has 0 amide bonds. The van der Waals surface area contributed by atoms with E-state index in [1.807, 2.05) is 31.2 Å². The third-order valence-electron chi connectivity index (χ3n) is 2.97. The van der Waals surface area contributed by atoms with Crippen molar-refractivity contribution in [3.8, 4) is 22.6 Å². The van der Waals surface area contributed by atoms with Gasteiger partial charge in [0.15, 0.2) is 4.98 Å². The number of halogens is 6. The normalized spacial score (nSPS) is 13.4. The first kappa shape index (κ1) is 21.5. The van der Waals surface area contributed by atoms with Crippen molar-refractivity contribution in [3.63, 3.8) is 0 Å². The molecule has 0 unspecified atom stereocenters. The Labute approximate surface area is 145 Å². The van der Waals surface area contributed by atoms with Crippen LogP contribution in [0.25, 0.3) is 16.1 Å². The Hall–Kier alpha value is -2.53. The zero-order valence-corrected chi connectivity index (χ0v) is 14.8. The summed E-state index contributed by atoms with van der Waals surface area (Å²) in [6, 6.07) is 11.6. The fourth-order valence-corrected chi connectivity index (χ4v) is 1.92. The van der Waals surface area contributed by atoms with Crippen molar-refractivity contribution in [1.82, 2.24) is 0 Å². The van der Waals surface area contributed by atoms with E-state index in [-0.39, 0.29) is 0 Å². The van der Waals surface area contributed by atoms with Crippen LogP contribution in [-0.2, 0) is 0 Å². The van der Waals surface area contributed by atoms with Crippen molar-refractivity contribution >= 4 is 13.5 Å². The number of nitrogens with zero attached hydrogens (tertiary/aromatic N) is 2. The minimum atomic E-state index is -10.7. The third kappa shape index (κ3) is 8.03. The fraction of sp³-hybridized carbons (Fsp3) is 0.200. The van der Waals surface area contributed by atoms with Gasteiger partial charge in [0.1, 0.15) is 5.75 Å². The Kier molecular flexibility index (Phi) is 5.50. The van der Waals surface area contributed by atoms with E-state index in [9.17, 15) is 25.2 Å². The quantitative estimate of drug-likeness (QED) is 0.304. The van der Waals surface area contributed by atoms with Gasteiger partial charge < -0.3 is 9.47 Å². The summed E-state index contributed by atoms with van der Waals surface area (Å²) in [7, 11) is -7.54. The number of aryl methyl sites for hydroxylation is 1. The molecule has 2 rings (SSSR count). The van der Waals surface area contributed by atoms with Gasteiger partial charge in [-0.05, 0) is 12.5 Å². The minimum absolute atomic E-state index is 0.343. The molecule has 0 spiro atoms. The number of hydrogen-bond acceptors (Lipinski definition) is 3. The van der Waals surface area contributed by atoms with Crippen molar-refractivity contribution in [3.05, 3.63) is 46.9 Å². The molecular weight excluding hydrogens is 385 g/mol. The molecule has 2 aromatic carbocycles. The van der Waals surface area contributed by atoms with Gasteiger partial charge in [-0.25, -0.2) is 0 Å². The number of methoxy groups -OCH3 is 2. The maximum atomic E-state index is 9.87. The first-order chi connectivity index (χ1) is 11.6. The number of hydrogen-bond donors (Lipinski definition) is 0. The molecule has 26 heavy (non-hydrogen) atoms. The number of ether oxygens (including phenoxy) is 2. The number of diazo groups is 1. The summed E-state index contributed by atoms with van der Waals surface area (Å²) in [5.74, 6) is 1.14. The molecule has 0 saturated carbocycles. The van der Waals surface area contributed by atoms with Crippen LogP contribution in [0.1, 0.15) is 5.56 Å². The second-order valence-electron chi connectivity index (χ2n) is 5.15. The van der Waals surface area contributed by atoms with Gasteiger partial charge in [0.25, 0.3) is 0 Å². The molecule has 0 N–H and O–H groups in total. The van der Waals surface area contributed by atoms with Gasteiger partial charge in [0, 0.05) is 11.6 Å². The van der Waals surface area contributed by atoms with Crippen LogP contribution in [0.4, 0.5) is 30.9 Å². The van der Waals surface area contributed by atoms with Crippen molar-refractivity contribution < 1.29 is 34.7 Å². The van der Waals surface area contributed by atoms with Gasteiger partial charge in [0.05, 0.1) is 20.3 Å². The molecule has 0 aliphatic carbocycles. The molecule has 0 aromatic heterocycles. The van der Waals surface area contributed by atoms with Gasteiger partial charge in [-0.15, -0.1) is 0 Å². The van der Waals surface area contributed by atoms with Crippen LogP contribution in [0.5, 0.6) is 11.5 Å². The van der Waals surface area contributed by atoms with Gasteiger partial charge >= 0.3 is 38.7 Å². The first-order valence-electron chi connectivity index (χ1n) is 6.89. The summed E-state index contributed by atoms with van der Waals surface area (Å²) in [4.78, 5) is 3.19. The summed E-state index contributed by atoms with van der Waals surface area (Å²) in [6.45, 7) is 2.04. The van der Waals surface area contributed by atoms with Crippen LogP contribution < -0.4 is 9.47 Å². The van der Waals surface area contributed by atoms with Crippen molar-refractivity contribution in [2.45, 2.75) is 6.92 Å². The molecule has 0 heterocycles. The van der Waals surface area contributed by atoms with Crippen LogP contribution in [0.15, 0.2) is 36.4 Å². The van der Waals surface area contributed by atoms with E-state index in [0.717, 1.165) is 11.1 Å². The maximum absolute atomic E-state index is 10.7. The number of benzene rings is 2. The molecule has 0 fully saturated rings. The third-order valence-corrected chi connectivity index (χ3v) is 2.97. The van der Waals surface area contributed by atoms with E-state index < -0.39 is 7.81 Å². The Balaban J connectivity index is 0.000000412. The molecule has 0 atom stereocenters. The first-order valence-corrected chi connectivity index (χ1v) is 8.92. The Bertz CT molecular complexity index is 819. The molecule has 0 bridgehead atoms. The van der Waals surface area contributed by atoms with Crippen molar-refractivity contribution in [1.29, 1.82) is 5.39 Å². The molecule has 0 radical (unpaired) electrons. The van der Waals surface area contributed by atoms with Gasteiger partial charge in [-0.2, -0.15) is 0 Å². The second kappa shape index (κ2) is 6.65. The molecule has 0 aliphatic heterocycles. The van der Waals surface area contributed by atoms with Gasteiger partial charge in [0.2, 0.25) is 11.1 Å². The van der Waals surface area contributed by atoms with Crippen LogP contribution in [-0.4, -0.2) is 14.2 Å². The van der Waals surface area contributed by atoms with Gasteiger partial charge in [-0.3, -0.25) is 0 Å². The standard InChI is InChI=1S/C15H15N2O2.F6P/c1-10-4-6-11(7-5-10)12-8-15(19-3)13(17-16)9-14(12)18-2;1-7(2,3,4,5)6/h4-9H,1-3H3;/q+1;-1. The average molecular weight is 400 g/mol. The molecule has 0 saturated heterocycles. The van der Waals surface area contributed by atoms with Gasteiger partial charge in [-0.1, -0.05) is 29.8 Å². The van der Waals surface area contributed by atoms with Crippen molar-refractivity contribution in [2.75, 3.05) is 14.2 Å². The topological polar surface area (TPSA) is 46.6 Å². The predicted molar refractivity (Wildman–Crippen MR) is 88.0 cm³/mol. The summed E-state index contributed by atoms with van der Waals surface area (Å²) in [5.41, 5.74) is 3.45. The van der Waals surface area contributed by atoms with Crippen molar-refractivity contribution in [2.24, 2.45) is 0 Å². The van der Waals surface area contributed by atoms with Crippen LogP contribution in [0.2, 0.25) is 0 Å². The summed E-state index contributed by atoms with van der Waals surface area (Å²) < 4.78 is 69.8. The molecule has 4 nitrogen and oxygen atoms in total. The van der Waals surface area contributed by atoms with E-state index >= 15 is 0 Å². The van der Waals surface area contributed by atoms with Crippen LogP contribution in [0.3, 0.4) is 0 Å². The fourth-order valence-electron chi connectivity index (χ4n) is 1.92. The monoisotopic (exact) mass is 400 g/mol. The van der Waals surface area contributed by atoms with Crippen LogP contribution in [0, 0.1) is 12.3 Å². The molecule has 11 heteroatoms.